The first-order valence-corrected chi connectivity index (χ1v) is 9.51. The highest BCUT2D eigenvalue weighted by Gasteiger charge is 2.30. The molecule has 146 valence electrons. The second-order valence-electron chi connectivity index (χ2n) is 7.76. The first-order valence-electron chi connectivity index (χ1n) is 9.51. The number of piperidine rings is 1. The molecule has 7 nitrogen and oxygen atoms in total. The molecule has 7 heteroatoms. The van der Waals surface area contributed by atoms with Crippen LogP contribution in [0.25, 0.3) is 0 Å². The number of benzene rings is 1. The van der Waals surface area contributed by atoms with Gasteiger partial charge in [0.15, 0.2) is 0 Å². The molecule has 0 bridgehead atoms. The molecule has 0 aliphatic carbocycles. The van der Waals surface area contributed by atoms with Gasteiger partial charge in [0.1, 0.15) is 5.82 Å². The van der Waals surface area contributed by atoms with E-state index in [0.717, 1.165) is 30.9 Å². The lowest BCUT2D eigenvalue weighted by Gasteiger charge is -2.33. The molecule has 0 spiro atoms. The van der Waals surface area contributed by atoms with Crippen molar-refractivity contribution in [2.24, 2.45) is 7.05 Å². The maximum Gasteiger partial charge on any atom is 0.345 e. The van der Waals surface area contributed by atoms with E-state index < -0.39 is 0 Å². The van der Waals surface area contributed by atoms with Crippen molar-refractivity contribution in [1.29, 1.82) is 0 Å². The van der Waals surface area contributed by atoms with Crippen LogP contribution < -0.4 is 10.6 Å². The second kappa shape index (κ2) is 7.58. The predicted octanol–water partition coefficient (Wildman–Crippen LogP) is 2.25. The van der Waals surface area contributed by atoms with Gasteiger partial charge in [-0.25, -0.2) is 9.48 Å². The highest BCUT2D eigenvalue weighted by Crippen LogP contribution is 2.27. The molecule has 1 aliphatic heterocycles. The highest BCUT2D eigenvalue weighted by molar-refractivity contribution is 5.95. The molecule has 1 fully saturated rings. The molecular formula is C20H29N5O2. The van der Waals surface area contributed by atoms with Gasteiger partial charge < -0.3 is 9.80 Å². The van der Waals surface area contributed by atoms with E-state index in [1.54, 1.807) is 11.6 Å². The van der Waals surface area contributed by atoms with Crippen LogP contribution in [0.2, 0.25) is 0 Å². The van der Waals surface area contributed by atoms with Crippen molar-refractivity contribution in [2.75, 3.05) is 32.1 Å². The lowest BCUT2D eigenvalue weighted by Crippen LogP contribution is -2.40. The van der Waals surface area contributed by atoms with Crippen LogP contribution in [0.4, 0.5) is 5.69 Å². The molecule has 0 radical (unpaired) electrons. The summed E-state index contributed by atoms with van der Waals surface area (Å²) in [6, 6.07) is 7.74. The Hall–Kier alpha value is -2.57. The minimum absolute atomic E-state index is 0.0396. The Bertz CT molecular complexity index is 881. The quantitative estimate of drug-likeness (QED) is 0.827. The molecule has 1 aromatic carbocycles. The van der Waals surface area contributed by atoms with Gasteiger partial charge in [0.05, 0.1) is 0 Å². The summed E-state index contributed by atoms with van der Waals surface area (Å²) in [7, 11) is 5.61. The Kier molecular flexibility index (Phi) is 5.39. The van der Waals surface area contributed by atoms with Crippen molar-refractivity contribution < 1.29 is 4.79 Å². The molecule has 2 aromatic rings. The third-order valence-electron chi connectivity index (χ3n) is 5.18. The van der Waals surface area contributed by atoms with Gasteiger partial charge in [-0.2, -0.15) is 5.10 Å². The number of nitrogens with zero attached hydrogens (tertiary/aromatic N) is 5. The van der Waals surface area contributed by atoms with Crippen molar-refractivity contribution in [3.05, 3.63) is 46.1 Å². The van der Waals surface area contributed by atoms with Gasteiger partial charge in [0.25, 0.3) is 5.91 Å². The third kappa shape index (κ3) is 3.77. The minimum atomic E-state index is -0.0952. The van der Waals surface area contributed by atoms with Crippen LogP contribution >= 0.6 is 0 Å². The topological polar surface area (TPSA) is 63.4 Å². The number of amides is 1. The Labute approximate surface area is 160 Å². The molecule has 1 saturated heterocycles. The average molecular weight is 371 g/mol. The number of hydrogen-bond acceptors (Lipinski definition) is 4. The predicted molar refractivity (Wildman–Crippen MR) is 107 cm³/mol. The van der Waals surface area contributed by atoms with E-state index in [2.05, 4.69) is 5.10 Å². The van der Waals surface area contributed by atoms with Gasteiger partial charge >= 0.3 is 5.69 Å². The number of anilines is 1. The van der Waals surface area contributed by atoms with Gasteiger partial charge in [-0.3, -0.25) is 9.36 Å². The molecule has 0 saturated carbocycles. The smallest absolute Gasteiger partial charge is 0.345 e. The zero-order valence-corrected chi connectivity index (χ0v) is 16.8. The van der Waals surface area contributed by atoms with Crippen LogP contribution in [0.15, 0.2) is 29.1 Å². The number of aryl methyl sites for hydroxylation is 1. The van der Waals surface area contributed by atoms with E-state index in [0.29, 0.717) is 12.1 Å². The van der Waals surface area contributed by atoms with Crippen LogP contribution in [-0.4, -0.2) is 52.3 Å². The summed E-state index contributed by atoms with van der Waals surface area (Å²) in [5.74, 6) is 0.908. The summed E-state index contributed by atoms with van der Waals surface area (Å²) in [4.78, 5) is 29.3. The lowest BCUT2D eigenvalue weighted by atomic mass is 9.96. The number of likely N-dealkylation sites (tertiary alicyclic amines) is 1. The summed E-state index contributed by atoms with van der Waals surface area (Å²) >= 11 is 0. The van der Waals surface area contributed by atoms with E-state index in [-0.39, 0.29) is 23.6 Å². The summed E-state index contributed by atoms with van der Waals surface area (Å²) in [6.07, 6.45) is 1.84. The van der Waals surface area contributed by atoms with Crippen molar-refractivity contribution in [1.82, 2.24) is 19.2 Å². The molecule has 1 atom stereocenters. The maximum atomic E-state index is 13.1. The third-order valence-corrected chi connectivity index (χ3v) is 5.18. The zero-order valence-electron chi connectivity index (χ0n) is 16.8. The summed E-state index contributed by atoms with van der Waals surface area (Å²) in [5.41, 5.74) is 1.61. The molecule has 2 heterocycles. The molecule has 3 rings (SSSR count). The largest absolute Gasteiger partial charge is 0.378 e. The van der Waals surface area contributed by atoms with E-state index in [1.165, 1.54) is 4.68 Å². The Morgan fingerprint density at radius 3 is 2.70 bits per heavy atom. The summed E-state index contributed by atoms with van der Waals surface area (Å²) in [6.45, 7) is 5.31. The highest BCUT2D eigenvalue weighted by atomic mass is 16.2. The SMILES string of the molecule is CC(C)n1c(C2CCCN(C(=O)c3cccc(N(C)C)c3)C2)nn(C)c1=O. The number of carbonyl (C=O) groups is 1. The van der Waals surface area contributed by atoms with E-state index in [4.69, 9.17) is 0 Å². The van der Waals surface area contributed by atoms with Gasteiger partial charge in [-0.05, 0) is 44.9 Å². The lowest BCUT2D eigenvalue weighted by molar-refractivity contribution is 0.0703. The maximum absolute atomic E-state index is 13.1. The van der Waals surface area contributed by atoms with Gasteiger partial charge in [0.2, 0.25) is 0 Å². The van der Waals surface area contributed by atoms with Gasteiger partial charge in [-0.1, -0.05) is 6.07 Å². The Morgan fingerprint density at radius 1 is 1.30 bits per heavy atom. The van der Waals surface area contributed by atoms with Crippen molar-refractivity contribution in [3.8, 4) is 0 Å². The van der Waals surface area contributed by atoms with Gasteiger partial charge in [0, 0.05) is 57.4 Å². The molecule has 1 amide bonds. The minimum Gasteiger partial charge on any atom is -0.378 e. The normalized spacial score (nSPS) is 17.4. The molecule has 0 N–H and O–H groups in total. The average Bonchev–Trinajstić information content (AvgIpc) is 2.96. The van der Waals surface area contributed by atoms with Crippen molar-refractivity contribution in [3.63, 3.8) is 0 Å². The van der Waals surface area contributed by atoms with Crippen LogP contribution in [0.3, 0.4) is 0 Å². The number of hydrogen-bond donors (Lipinski definition) is 0. The molecular weight excluding hydrogens is 342 g/mol. The van der Waals surface area contributed by atoms with Crippen molar-refractivity contribution in [2.45, 2.75) is 38.6 Å². The standard InChI is InChI=1S/C20H29N5O2/c1-14(2)25-18(21-23(5)20(25)27)16-9-7-11-24(13-16)19(26)15-8-6-10-17(12-15)22(3)4/h6,8,10,12,14,16H,7,9,11,13H2,1-5H3. The summed E-state index contributed by atoms with van der Waals surface area (Å²) in [5, 5.41) is 4.48. The molecule has 1 unspecified atom stereocenters. The van der Waals surface area contributed by atoms with Crippen LogP contribution in [0.5, 0.6) is 0 Å². The fourth-order valence-electron chi connectivity index (χ4n) is 3.73. The van der Waals surface area contributed by atoms with E-state index in [1.807, 2.05) is 62.0 Å². The van der Waals surface area contributed by atoms with E-state index >= 15 is 0 Å². The fraction of sp³-hybridized carbons (Fsp3) is 0.550. The molecule has 27 heavy (non-hydrogen) atoms. The Balaban J connectivity index is 1.85. The van der Waals surface area contributed by atoms with Crippen LogP contribution in [0.1, 0.15) is 54.8 Å². The first kappa shape index (κ1) is 19.2. The number of carbonyl (C=O) groups excluding carboxylic acids is 1. The Morgan fingerprint density at radius 2 is 2.04 bits per heavy atom. The second-order valence-corrected chi connectivity index (χ2v) is 7.76. The summed E-state index contributed by atoms with van der Waals surface area (Å²) < 4.78 is 3.15. The van der Waals surface area contributed by atoms with Crippen LogP contribution in [0, 0.1) is 0 Å². The van der Waals surface area contributed by atoms with Gasteiger partial charge in [-0.15, -0.1) is 0 Å². The number of rotatable bonds is 4. The van der Waals surface area contributed by atoms with E-state index in [9.17, 15) is 9.59 Å². The monoisotopic (exact) mass is 371 g/mol. The first-order chi connectivity index (χ1) is 12.8. The number of aromatic nitrogens is 3. The molecule has 1 aromatic heterocycles. The fourth-order valence-corrected chi connectivity index (χ4v) is 3.73. The zero-order chi connectivity index (χ0) is 19.7. The molecule has 1 aliphatic rings. The van der Waals surface area contributed by atoms with Crippen molar-refractivity contribution >= 4 is 11.6 Å². The van der Waals surface area contributed by atoms with Crippen LogP contribution in [-0.2, 0) is 7.05 Å².